The molecule has 90 valence electrons. The smallest absolute Gasteiger partial charge is 0.0810 e. The quantitative estimate of drug-likeness (QED) is 0.671. The number of hydrogen-bond donors (Lipinski definition) is 0. The van der Waals surface area contributed by atoms with Gasteiger partial charge in [0.05, 0.1) is 11.2 Å². The Morgan fingerprint density at radius 3 is 2.06 bits per heavy atom. The fraction of sp³-hybridized carbons (Fsp3) is 0.769. The minimum absolute atomic E-state index is 0.0941. The molecule has 16 heavy (non-hydrogen) atoms. The lowest BCUT2D eigenvalue weighted by Gasteiger charge is -2.31. The normalized spacial score (nSPS) is 17.9. The van der Waals surface area contributed by atoms with Crippen molar-refractivity contribution in [2.75, 3.05) is 0 Å². The number of hydrogen-bond acceptors (Lipinski definition) is 2. The minimum atomic E-state index is 0.0941. The van der Waals surface area contributed by atoms with Gasteiger partial charge in [-0.25, -0.2) is 0 Å². The number of aromatic nitrogens is 2. The Morgan fingerprint density at radius 2 is 1.62 bits per heavy atom. The first kappa shape index (κ1) is 11.6. The molecule has 0 aromatic carbocycles. The molecule has 3 heteroatoms. The van der Waals surface area contributed by atoms with Crippen molar-refractivity contribution < 1.29 is 0 Å². The van der Waals surface area contributed by atoms with E-state index in [1.807, 2.05) is 0 Å². The lowest BCUT2D eigenvalue weighted by Crippen LogP contribution is -2.37. The van der Waals surface area contributed by atoms with Gasteiger partial charge < -0.3 is 0 Å². The first-order valence-corrected chi connectivity index (χ1v) is 6.01. The van der Waals surface area contributed by atoms with E-state index < -0.39 is 0 Å². The van der Waals surface area contributed by atoms with Crippen LogP contribution in [0.4, 0.5) is 0 Å². The molecule has 0 atom stereocenters. The molecule has 1 aromatic heterocycles. The summed E-state index contributed by atoms with van der Waals surface area (Å²) in [5.41, 5.74) is 2.98. The lowest BCUT2D eigenvalue weighted by atomic mass is 10.1. The van der Waals surface area contributed by atoms with Crippen molar-refractivity contribution >= 4 is 0 Å². The van der Waals surface area contributed by atoms with Gasteiger partial charge in [0.15, 0.2) is 0 Å². The molecular weight excluding hydrogens is 198 g/mol. The highest BCUT2D eigenvalue weighted by molar-refractivity contribution is 5.22. The Balaban J connectivity index is 2.21. The molecule has 0 bridgehead atoms. The predicted molar refractivity (Wildman–Crippen MR) is 66.2 cm³/mol. The molecule has 1 aliphatic rings. The van der Waals surface area contributed by atoms with Crippen molar-refractivity contribution in [3.8, 4) is 0 Å². The van der Waals surface area contributed by atoms with E-state index >= 15 is 0 Å². The van der Waals surface area contributed by atoms with Gasteiger partial charge in [-0.15, -0.1) is 0 Å². The van der Waals surface area contributed by atoms with E-state index in [0.29, 0.717) is 0 Å². The van der Waals surface area contributed by atoms with E-state index in [0.717, 1.165) is 13.1 Å². The second-order valence-electron chi connectivity index (χ2n) is 6.74. The van der Waals surface area contributed by atoms with E-state index in [-0.39, 0.29) is 11.1 Å². The summed E-state index contributed by atoms with van der Waals surface area (Å²) in [6, 6.07) is 0. The first-order valence-electron chi connectivity index (χ1n) is 6.01. The van der Waals surface area contributed by atoms with E-state index in [2.05, 4.69) is 57.3 Å². The number of fused-ring (bicyclic) bond motifs is 1. The summed E-state index contributed by atoms with van der Waals surface area (Å²) in [5, 5.41) is 4.70. The predicted octanol–water partition coefficient (Wildman–Crippen LogP) is 2.75. The summed E-state index contributed by atoms with van der Waals surface area (Å²) in [7, 11) is 0. The Hall–Kier alpha value is -0.830. The van der Waals surface area contributed by atoms with Crippen LogP contribution in [-0.4, -0.2) is 20.2 Å². The molecule has 3 nitrogen and oxygen atoms in total. The maximum atomic E-state index is 4.70. The van der Waals surface area contributed by atoms with E-state index in [9.17, 15) is 0 Å². The monoisotopic (exact) mass is 221 g/mol. The SMILES string of the molecule is CC(C)(C)N1Cc2cn(C(C)(C)C)nc2C1. The Labute approximate surface area is 98.4 Å². The average Bonchev–Trinajstić information content (AvgIpc) is 2.53. The average molecular weight is 221 g/mol. The van der Waals surface area contributed by atoms with Gasteiger partial charge >= 0.3 is 0 Å². The van der Waals surface area contributed by atoms with Crippen LogP contribution in [0.3, 0.4) is 0 Å². The van der Waals surface area contributed by atoms with Gasteiger partial charge in [0.1, 0.15) is 0 Å². The first-order chi connectivity index (χ1) is 7.18. The van der Waals surface area contributed by atoms with Gasteiger partial charge in [-0.1, -0.05) is 0 Å². The molecule has 2 rings (SSSR count). The highest BCUT2D eigenvalue weighted by Crippen LogP contribution is 2.29. The van der Waals surface area contributed by atoms with Crippen molar-refractivity contribution in [2.45, 2.75) is 65.7 Å². The molecule has 1 aliphatic heterocycles. The zero-order valence-electron chi connectivity index (χ0n) is 11.3. The van der Waals surface area contributed by atoms with Crippen molar-refractivity contribution in [2.24, 2.45) is 0 Å². The van der Waals surface area contributed by atoms with Crippen LogP contribution < -0.4 is 0 Å². The Bertz CT molecular complexity index is 367. The molecule has 0 radical (unpaired) electrons. The van der Waals surface area contributed by atoms with Gasteiger partial charge in [-0.05, 0) is 41.5 Å². The van der Waals surface area contributed by atoms with Gasteiger partial charge in [-0.2, -0.15) is 5.10 Å². The lowest BCUT2D eigenvalue weighted by molar-refractivity contribution is 0.133. The summed E-state index contributed by atoms with van der Waals surface area (Å²) in [6.45, 7) is 15.4. The van der Waals surface area contributed by atoms with Crippen LogP contribution in [0.2, 0.25) is 0 Å². The van der Waals surface area contributed by atoms with Gasteiger partial charge in [0.2, 0.25) is 0 Å². The summed E-state index contributed by atoms with van der Waals surface area (Å²) < 4.78 is 2.09. The highest BCUT2D eigenvalue weighted by Gasteiger charge is 2.31. The Kier molecular flexibility index (Phi) is 2.42. The number of rotatable bonds is 0. The van der Waals surface area contributed by atoms with Crippen LogP contribution >= 0.6 is 0 Å². The summed E-state index contributed by atoms with van der Waals surface area (Å²) in [6.07, 6.45) is 2.21. The van der Waals surface area contributed by atoms with Gasteiger partial charge in [0.25, 0.3) is 0 Å². The molecule has 0 amide bonds. The minimum Gasteiger partial charge on any atom is -0.288 e. The molecule has 0 fully saturated rings. The van der Waals surface area contributed by atoms with E-state index in [1.54, 1.807) is 0 Å². The third-order valence-electron chi connectivity index (χ3n) is 3.22. The maximum absolute atomic E-state index is 4.70. The molecule has 0 saturated carbocycles. The zero-order chi connectivity index (χ0) is 12.1. The Morgan fingerprint density at radius 1 is 1.00 bits per heavy atom. The summed E-state index contributed by atoms with van der Waals surface area (Å²) in [5.74, 6) is 0. The van der Waals surface area contributed by atoms with Crippen molar-refractivity contribution in [1.82, 2.24) is 14.7 Å². The zero-order valence-corrected chi connectivity index (χ0v) is 11.3. The second-order valence-corrected chi connectivity index (χ2v) is 6.74. The molecule has 2 heterocycles. The van der Waals surface area contributed by atoms with Crippen LogP contribution in [-0.2, 0) is 18.6 Å². The molecular formula is C13H23N3. The van der Waals surface area contributed by atoms with Crippen LogP contribution in [0.15, 0.2) is 6.20 Å². The standard InChI is InChI=1S/C13H23N3/c1-12(2,3)15-7-10-8-16(13(4,5)6)14-11(10)9-15/h8H,7,9H2,1-6H3. The van der Waals surface area contributed by atoms with E-state index in [1.165, 1.54) is 11.3 Å². The van der Waals surface area contributed by atoms with E-state index in [4.69, 9.17) is 5.10 Å². The van der Waals surface area contributed by atoms with Crippen LogP contribution in [0.1, 0.15) is 52.8 Å². The molecule has 0 spiro atoms. The largest absolute Gasteiger partial charge is 0.288 e. The third kappa shape index (κ3) is 2.01. The van der Waals surface area contributed by atoms with Crippen LogP contribution in [0.5, 0.6) is 0 Å². The van der Waals surface area contributed by atoms with Crippen molar-refractivity contribution in [1.29, 1.82) is 0 Å². The number of nitrogens with zero attached hydrogens (tertiary/aromatic N) is 3. The fourth-order valence-electron chi connectivity index (χ4n) is 1.97. The second kappa shape index (κ2) is 3.33. The van der Waals surface area contributed by atoms with Crippen molar-refractivity contribution in [3.63, 3.8) is 0 Å². The van der Waals surface area contributed by atoms with Gasteiger partial charge in [-0.3, -0.25) is 9.58 Å². The molecule has 0 unspecified atom stereocenters. The van der Waals surface area contributed by atoms with Crippen molar-refractivity contribution in [3.05, 3.63) is 17.5 Å². The van der Waals surface area contributed by atoms with Gasteiger partial charge in [0, 0.05) is 30.4 Å². The molecule has 0 N–H and O–H groups in total. The fourth-order valence-corrected chi connectivity index (χ4v) is 1.97. The summed E-state index contributed by atoms with van der Waals surface area (Å²) >= 11 is 0. The van der Waals surface area contributed by atoms with Crippen LogP contribution in [0.25, 0.3) is 0 Å². The topological polar surface area (TPSA) is 21.1 Å². The molecule has 0 saturated heterocycles. The summed E-state index contributed by atoms with van der Waals surface area (Å²) in [4.78, 5) is 2.47. The van der Waals surface area contributed by atoms with Crippen LogP contribution in [0, 0.1) is 0 Å². The molecule has 1 aromatic rings. The third-order valence-corrected chi connectivity index (χ3v) is 3.22. The molecule has 0 aliphatic carbocycles. The maximum Gasteiger partial charge on any atom is 0.0810 e. The highest BCUT2D eigenvalue weighted by atomic mass is 15.3.